The van der Waals surface area contributed by atoms with Gasteiger partial charge in [-0.05, 0) is 42.7 Å². The molecule has 3 atom stereocenters. The molecule has 38 heavy (non-hydrogen) atoms. The molecule has 3 aliphatic rings. The highest BCUT2D eigenvalue weighted by Gasteiger charge is 2.47. The summed E-state index contributed by atoms with van der Waals surface area (Å²) in [4.78, 5) is 28.3. The van der Waals surface area contributed by atoms with E-state index >= 15 is 0 Å². The first-order valence-electron chi connectivity index (χ1n) is 12.9. The van der Waals surface area contributed by atoms with Crippen molar-refractivity contribution in [3.63, 3.8) is 0 Å². The lowest BCUT2D eigenvalue weighted by atomic mass is 9.80. The van der Waals surface area contributed by atoms with Crippen molar-refractivity contribution in [2.75, 3.05) is 11.5 Å². The largest absolute Gasteiger partial charge is 0.380 e. The van der Waals surface area contributed by atoms with Gasteiger partial charge in [-0.3, -0.25) is 9.59 Å². The number of allylic oxidation sites excluding steroid dienone is 2. The monoisotopic (exact) mass is 557 g/mol. The highest BCUT2D eigenvalue weighted by atomic mass is 35.5. The molecule has 3 aromatic rings. The fraction of sp³-hybridized carbons (Fsp3) is 0.250. The molecule has 6 rings (SSSR count). The Balaban J connectivity index is 1.58. The van der Waals surface area contributed by atoms with E-state index in [0.717, 1.165) is 49.3 Å². The average molecular weight is 558 g/mol. The standard InChI is InChI=1S/C32H28ClNO2S2/c1-18-3-7-20(8-4-18)24-17-25(35)27(32-37-15-16-38-32)31(36)28-26(21-9-5-19(2)6-10-21)29(34-30(24)28)22-11-13-23(33)14-12-22/h3-14,24,26,29,34H,15-17H2,1-2H3/t24-,26+,29-/m1/s1. The quantitative estimate of drug-likeness (QED) is 0.264. The van der Waals surface area contributed by atoms with Gasteiger partial charge >= 0.3 is 0 Å². The molecule has 192 valence electrons. The van der Waals surface area contributed by atoms with Crippen LogP contribution in [0.4, 0.5) is 0 Å². The van der Waals surface area contributed by atoms with Gasteiger partial charge in [-0.25, -0.2) is 0 Å². The summed E-state index contributed by atoms with van der Waals surface area (Å²) < 4.78 is 0.883. The van der Waals surface area contributed by atoms with Crippen LogP contribution in [0.25, 0.3) is 0 Å². The van der Waals surface area contributed by atoms with Gasteiger partial charge in [-0.2, -0.15) is 0 Å². The van der Waals surface area contributed by atoms with Crippen molar-refractivity contribution in [1.29, 1.82) is 0 Å². The van der Waals surface area contributed by atoms with Crippen LogP contribution in [0.3, 0.4) is 0 Å². The van der Waals surface area contributed by atoms with Crippen LogP contribution in [0.1, 0.15) is 52.1 Å². The minimum Gasteiger partial charge on any atom is -0.380 e. The summed E-state index contributed by atoms with van der Waals surface area (Å²) in [5, 5.41) is 4.46. The lowest BCUT2D eigenvalue weighted by Gasteiger charge is -2.25. The summed E-state index contributed by atoms with van der Waals surface area (Å²) in [6, 6.07) is 24.5. The van der Waals surface area contributed by atoms with E-state index in [9.17, 15) is 9.59 Å². The number of rotatable bonds is 3. The first kappa shape index (κ1) is 25.5. The fourth-order valence-electron chi connectivity index (χ4n) is 5.69. The molecule has 0 saturated carbocycles. The van der Waals surface area contributed by atoms with Gasteiger partial charge in [0.1, 0.15) is 0 Å². The predicted molar refractivity (Wildman–Crippen MR) is 159 cm³/mol. The fourth-order valence-corrected chi connectivity index (χ4v) is 8.39. The predicted octanol–water partition coefficient (Wildman–Crippen LogP) is 7.66. The Labute approximate surface area is 237 Å². The molecular formula is C32H28ClNO2S2. The molecule has 1 saturated heterocycles. The Bertz CT molecular complexity index is 1470. The molecule has 0 radical (unpaired) electrons. The van der Waals surface area contributed by atoms with E-state index in [0.29, 0.717) is 10.6 Å². The molecule has 0 unspecified atom stereocenters. The Hall–Kier alpha value is -2.73. The summed E-state index contributed by atoms with van der Waals surface area (Å²) in [7, 11) is 0. The van der Waals surface area contributed by atoms with Crippen molar-refractivity contribution in [2.24, 2.45) is 0 Å². The van der Waals surface area contributed by atoms with Crippen LogP contribution in [0.5, 0.6) is 0 Å². The van der Waals surface area contributed by atoms with Gasteiger partial charge in [-0.1, -0.05) is 83.4 Å². The first-order chi connectivity index (χ1) is 18.4. The average Bonchev–Trinajstić information content (AvgIpc) is 3.56. The van der Waals surface area contributed by atoms with E-state index in [1.807, 2.05) is 24.3 Å². The lowest BCUT2D eigenvalue weighted by Crippen LogP contribution is -2.25. The van der Waals surface area contributed by atoms with Gasteiger partial charge in [0.15, 0.2) is 11.6 Å². The summed E-state index contributed by atoms with van der Waals surface area (Å²) in [6.07, 6.45) is 0.272. The van der Waals surface area contributed by atoms with Crippen LogP contribution in [0.15, 0.2) is 93.9 Å². The SMILES string of the molecule is Cc1ccc([C@H]2C3=C(N[C@@H]2c2ccc(Cl)cc2)[C@@H](c2ccc(C)cc2)CC(=O)C(=C2SCCS2)C3=O)cc1. The van der Waals surface area contributed by atoms with E-state index in [-0.39, 0.29) is 35.9 Å². The molecule has 3 nitrogen and oxygen atoms in total. The van der Waals surface area contributed by atoms with E-state index < -0.39 is 0 Å². The number of Topliss-reactive ketones (excluding diaryl/α,β-unsaturated/α-hetero) is 2. The van der Waals surface area contributed by atoms with Crippen molar-refractivity contribution >= 4 is 46.7 Å². The molecule has 1 fully saturated rings. The maximum atomic E-state index is 14.5. The van der Waals surface area contributed by atoms with Gasteiger partial charge in [0.05, 0.1) is 15.9 Å². The zero-order chi connectivity index (χ0) is 26.4. The van der Waals surface area contributed by atoms with Gasteiger partial charge in [0, 0.05) is 46.1 Å². The van der Waals surface area contributed by atoms with Crippen LogP contribution >= 0.6 is 35.1 Å². The van der Waals surface area contributed by atoms with Crippen LogP contribution in [0.2, 0.25) is 5.02 Å². The Morgan fingerprint density at radius 1 is 0.763 bits per heavy atom. The van der Waals surface area contributed by atoms with Crippen molar-refractivity contribution < 1.29 is 9.59 Å². The summed E-state index contributed by atoms with van der Waals surface area (Å²) in [5.74, 6) is 1.21. The highest BCUT2D eigenvalue weighted by molar-refractivity contribution is 8.25. The number of thioether (sulfide) groups is 2. The summed E-state index contributed by atoms with van der Waals surface area (Å²) in [5.41, 5.74) is 7.49. The number of halogens is 1. The van der Waals surface area contributed by atoms with Crippen molar-refractivity contribution in [1.82, 2.24) is 5.32 Å². The second-order valence-corrected chi connectivity index (χ2v) is 13.1. The van der Waals surface area contributed by atoms with Crippen molar-refractivity contribution in [3.05, 3.63) is 127 Å². The van der Waals surface area contributed by atoms with Crippen LogP contribution < -0.4 is 5.32 Å². The van der Waals surface area contributed by atoms with Gasteiger partial charge in [0.25, 0.3) is 0 Å². The maximum Gasteiger partial charge on any atom is 0.196 e. The third-order valence-corrected chi connectivity index (χ3v) is 10.6. The number of hydrogen-bond acceptors (Lipinski definition) is 5. The summed E-state index contributed by atoms with van der Waals surface area (Å²) in [6.45, 7) is 4.13. The highest BCUT2D eigenvalue weighted by Crippen LogP contribution is 2.52. The van der Waals surface area contributed by atoms with Crippen molar-refractivity contribution in [2.45, 2.75) is 38.1 Å². The number of carbonyl (C=O) groups is 2. The third kappa shape index (κ3) is 4.66. The minimum atomic E-state index is -0.231. The van der Waals surface area contributed by atoms with Crippen LogP contribution in [-0.4, -0.2) is 23.1 Å². The Morgan fingerprint density at radius 2 is 1.32 bits per heavy atom. The zero-order valence-electron chi connectivity index (χ0n) is 21.3. The number of nitrogens with one attached hydrogen (secondary N) is 1. The van der Waals surface area contributed by atoms with Gasteiger partial charge < -0.3 is 5.32 Å². The van der Waals surface area contributed by atoms with E-state index in [4.69, 9.17) is 11.6 Å². The number of ketones is 2. The molecule has 0 aromatic heterocycles. The third-order valence-electron chi connectivity index (χ3n) is 7.63. The second-order valence-electron chi connectivity index (χ2n) is 10.2. The first-order valence-corrected chi connectivity index (χ1v) is 15.2. The molecule has 0 bridgehead atoms. The molecule has 1 N–H and O–H groups in total. The maximum absolute atomic E-state index is 14.5. The second kappa shape index (κ2) is 10.4. The molecule has 2 heterocycles. The Kier molecular flexibility index (Phi) is 7.02. The molecule has 2 aliphatic heterocycles. The topological polar surface area (TPSA) is 46.2 Å². The number of aryl methyl sites for hydroxylation is 2. The Morgan fingerprint density at radius 3 is 1.92 bits per heavy atom. The van der Waals surface area contributed by atoms with Crippen molar-refractivity contribution in [3.8, 4) is 0 Å². The van der Waals surface area contributed by atoms with Crippen LogP contribution in [0, 0.1) is 13.8 Å². The van der Waals surface area contributed by atoms with E-state index in [1.54, 1.807) is 23.5 Å². The lowest BCUT2D eigenvalue weighted by molar-refractivity contribution is -0.119. The van der Waals surface area contributed by atoms with E-state index in [2.05, 4.69) is 67.7 Å². The number of benzene rings is 3. The molecule has 3 aromatic carbocycles. The van der Waals surface area contributed by atoms with Gasteiger partial charge in [0.2, 0.25) is 0 Å². The summed E-state index contributed by atoms with van der Waals surface area (Å²) >= 11 is 9.53. The minimum absolute atomic E-state index is 0.0561. The zero-order valence-corrected chi connectivity index (χ0v) is 23.7. The number of hydrogen-bond donors (Lipinski definition) is 1. The normalized spacial score (nSPS) is 23.5. The molecule has 0 spiro atoms. The number of carbonyl (C=O) groups excluding carboxylic acids is 2. The molecule has 0 amide bonds. The molecule has 1 aliphatic carbocycles. The molecule has 6 heteroatoms. The van der Waals surface area contributed by atoms with E-state index in [1.165, 1.54) is 5.56 Å². The van der Waals surface area contributed by atoms with Crippen LogP contribution in [-0.2, 0) is 9.59 Å². The molecular weight excluding hydrogens is 530 g/mol. The smallest absolute Gasteiger partial charge is 0.196 e. The van der Waals surface area contributed by atoms with Gasteiger partial charge in [-0.15, -0.1) is 23.5 Å².